The van der Waals surface area contributed by atoms with Crippen LogP contribution in [0.15, 0.2) is 54.6 Å². The molecule has 0 aliphatic rings. The molecule has 1 N–H and O–H groups in total. The van der Waals surface area contributed by atoms with Crippen LogP contribution in [0.1, 0.15) is 15.9 Å². The van der Waals surface area contributed by atoms with Crippen molar-refractivity contribution in [2.24, 2.45) is 0 Å². The van der Waals surface area contributed by atoms with E-state index in [1.165, 1.54) is 24.3 Å². The molecule has 0 saturated carbocycles. The van der Waals surface area contributed by atoms with Crippen molar-refractivity contribution in [1.82, 2.24) is 0 Å². The molecule has 2 nitrogen and oxygen atoms in total. The zero-order chi connectivity index (χ0) is 14.6. The van der Waals surface area contributed by atoms with Gasteiger partial charge in [-0.05, 0) is 29.8 Å². The number of hydrogen-bond donors (Lipinski definition) is 1. The molecule has 2 rings (SSSR count). The van der Waals surface area contributed by atoms with Gasteiger partial charge < -0.3 is 5.32 Å². The first kappa shape index (κ1) is 14.1. The number of amides is 1. The second kappa shape index (κ2) is 5.77. The molecule has 1 amide bonds. The van der Waals surface area contributed by atoms with E-state index in [9.17, 15) is 18.0 Å². The number of anilines is 1. The van der Waals surface area contributed by atoms with Crippen molar-refractivity contribution in [3.8, 4) is 0 Å². The molecular formula is C15H12F3NO. The number of rotatable bonds is 3. The van der Waals surface area contributed by atoms with Crippen LogP contribution in [0, 0.1) is 0 Å². The number of carbonyl (C=O) groups is 1. The third-order valence-corrected chi connectivity index (χ3v) is 2.65. The third-order valence-electron chi connectivity index (χ3n) is 2.65. The molecule has 104 valence electrons. The van der Waals surface area contributed by atoms with E-state index in [4.69, 9.17) is 0 Å². The molecule has 0 spiro atoms. The number of benzene rings is 2. The van der Waals surface area contributed by atoms with E-state index >= 15 is 0 Å². The lowest BCUT2D eigenvalue weighted by Gasteiger charge is -2.08. The van der Waals surface area contributed by atoms with Gasteiger partial charge in [-0.15, -0.1) is 0 Å². The van der Waals surface area contributed by atoms with Crippen LogP contribution in [-0.2, 0) is 6.42 Å². The Morgan fingerprint density at radius 3 is 2.10 bits per heavy atom. The Balaban J connectivity index is 2.02. The van der Waals surface area contributed by atoms with Crippen molar-refractivity contribution in [3.63, 3.8) is 0 Å². The number of hydrogen-bond acceptors (Lipinski definition) is 1. The maximum Gasteiger partial charge on any atom is 0.393 e. The van der Waals surface area contributed by atoms with Gasteiger partial charge in [-0.25, -0.2) is 0 Å². The van der Waals surface area contributed by atoms with Crippen molar-refractivity contribution < 1.29 is 18.0 Å². The van der Waals surface area contributed by atoms with Crippen molar-refractivity contribution in [1.29, 1.82) is 0 Å². The van der Waals surface area contributed by atoms with Crippen LogP contribution < -0.4 is 5.32 Å². The van der Waals surface area contributed by atoms with Gasteiger partial charge in [0, 0.05) is 11.3 Å². The maximum absolute atomic E-state index is 12.2. The average molecular weight is 279 g/mol. The van der Waals surface area contributed by atoms with Crippen LogP contribution >= 0.6 is 0 Å². The van der Waals surface area contributed by atoms with Crippen molar-refractivity contribution in [3.05, 3.63) is 65.7 Å². The van der Waals surface area contributed by atoms with E-state index in [0.717, 1.165) is 0 Å². The van der Waals surface area contributed by atoms with E-state index in [-0.39, 0.29) is 11.5 Å². The monoisotopic (exact) mass is 279 g/mol. The lowest BCUT2D eigenvalue weighted by atomic mass is 10.1. The second-order valence-corrected chi connectivity index (χ2v) is 4.31. The van der Waals surface area contributed by atoms with Gasteiger partial charge in [-0.3, -0.25) is 4.79 Å². The molecule has 20 heavy (non-hydrogen) atoms. The fourth-order valence-electron chi connectivity index (χ4n) is 1.73. The fraction of sp³-hybridized carbons (Fsp3) is 0.133. The Hall–Kier alpha value is -2.30. The lowest BCUT2D eigenvalue weighted by Crippen LogP contribution is -2.13. The topological polar surface area (TPSA) is 29.1 Å². The van der Waals surface area contributed by atoms with Crippen molar-refractivity contribution >= 4 is 11.6 Å². The van der Waals surface area contributed by atoms with E-state index in [1.54, 1.807) is 30.3 Å². The molecule has 0 bridgehead atoms. The normalized spacial score (nSPS) is 11.2. The van der Waals surface area contributed by atoms with Crippen LogP contribution in [-0.4, -0.2) is 12.1 Å². The summed E-state index contributed by atoms with van der Waals surface area (Å²) in [5.74, 6) is -0.297. The summed E-state index contributed by atoms with van der Waals surface area (Å²) in [5, 5.41) is 2.63. The van der Waals surface area contributed by atoms with Gasteiger partial charge in [0.2, 0.25) is 0 Å². The minimum atomic E-state index is -4.23. The van der Waals surface area contributed by atoms with Gasteiger partial charge in [0.1, 0.15) is 0 Å². The summed E-state index contributed by atoms with van der Waals surface area (Å²) in [7, 11) is 0. The highest BCUT2D eigenvalue weighted by Crippen LogP contribution is 2.22. The Kier molecular flexibility index (Phi) is 4.08. The van der Waals surface area contributed by atoms with E-state index < -0.39 is 12.6 Å². The first-order chi connectivity index (χ1) is 9.44. The smallest absolute Gasteiger partial charge is 0.322 e. The van der Waals surface area contributed by atoms with Crippen LogP contribution in [0.3, 0.4) is 0 Å². The SMILES string of the molecule is O=C(Nc1ccc(CC(F)(F)F)cc1)c1ccccc1. The molecule has 0 fully saturated rings. The van der Waals surface area contributed by atoms with Crippen LogP contribution in [0.2, 0.25) is 0 Å². The van der Waals surface area contributed by atoms with Gasteiger partial charge in [0.15, 0.2) is 0 Å². The summed E-state index contributed by atoms with van der Waals surface area (Å²) in [4.78, 5) is 11.8. The van der Waals surface area contributed by atoms with Gasteiger partial charge >= 0.3 is 6.18 Å². The van der Waals surface area contributed by atoms with Crippen LogP contribution in [0.25, 0.3) is 0 Å². The predicted octanol–water partition coefficient (Wildman–Crippen LogP) is 4.04. The Bertz CT molecular complexity index is 576. The zero-order valence-electron chi connectivity index (χ0n) is 10.4. The fourth-order valence-corrected chi connectivity index (χ4v) is 1.73. The van der Waals surface area contributed by atoms with E-state index in [0.29, 0.717) is 11.3 Å². The van der Waals surface area contributed by atoms with E-state index in [1.807, 2.05) is 0 Å². The molecule has 0 saturated heterocycles. The number of carbonyl (C=O) groups excluding carboxylic acids is 1. The second-order valence-electron chi connectivity index (χ2n) is 4.31. The van der Waals surface area contributed by atoms with Crippen molar-refractivity contribution in [2.45, 2.75) is 12.6 Å². The van der Waals surface area contributed by atoms with Gasteiger partial charge in [0.05, 0.1) is 6.42 Å². The molecule has 0 aromatic heterocycles. The number of nitrogens with one attached hydrogen (secondary N) is 1. The molecule has 0 unspecified atom stereocenters. The summed E-state index contributed by atoms with van der Waals surface area (Å²) in [6, 6.07) is 14.2. The molecule has 5 heteroatoms. The highest BCUT2D eigenvalue weighted by atomic mass is 19.4. The lowest BCUT2D eigenvalue weighted by molar-refractivity contribution is -0.127. The number of halogens is 3. The standard InChI is InChI=1S/C15H12F3NO/c16-15(17,18)10-11-6-8-13(9-7-11)19-14(20)12-4-2-1-3-5-12/h1-9H,10H2,(H,19,20). The molecule has 0 aliphatic heterocycles. The van der Waals surface area contributed by atoms with Gasteiger partial charge in [-0.2, -0.15) is 13.2 Å². The van der Waals surface area contributed by atoms with Gasteiger partial charge in [-0.1, -0.05) is 30.3 Å². The van der Waals surface area contributed by atoms with Crippen LogP contribution in [0.4, 0.5) is 18.9 Å². The Labute approximate surface area is 114 Å². The van der Waals surface area contributed by atoms with Crippen molar-refractivity contribution in [2.75, 3.05) is 5.32 Å². The molecule has 0 aliphatic carbocycles. The van der Waals surface area contributed by atoms with Crippen LogP contribution in [0.5, 0.6) is 0 Å². The molecule has 0 atom stereocenters. The summed E-state index contributed by atoms with van der Waals surface area (Å²) in [5.41, 5.74) is 1.12. The molecule has 2 aromatic rings. The Morgan fingerprint density at radius 1 is 0.950 bits per heavy atom. The number of alkyl halides is 3. The predicted molar refractivity (Wildman–Crippen MR) is 70.6 cm³/mol. The quantitative estimate of drug-likeness (QED) is 0.902. The largest absolute Gasteiger partial charge is 0.393 e. The highest BCUT2D eigenvalue weighted by molar-refractivity contribution is 6.04. The minimum Gasteiger partial charge on any atom is -0.322 e. The summed E-state index contributed by atoms with van der Waals surface area (Å²) in [6.07, 6.45) is -5.20. The minimum absolute atomic E-state index is 0.162. The summed E-state index contributed by atoms with van der Waals surface area (Å²) in [6.45, 7) is 0. The van der Waals surface area contributed by atoms with E-state index in [2.05, 4.69) is 5.32 Å². The summed E-state index contributed by atoms with van der Waals surface area (Å²) < 4.78 is 36.6. The highest BCUT2D eigenvalue weighted by Gasteiger charge is 2.27. The first-order valence-electron chi connectivity index (χ1n) is 5.96. The van der Waals surface area contributed by atoms with Gasteiger partial charge in [0.25, 0.3) is 5.91 Å². The Morgan fingerprint density at radius 2 is 1.55 bits per heavy atom. The maximum atomic E-state index is 12.2. The first-order valence-corrected chi connectivity index (χ1v) is 5.96. The third kappa shape index (κ3) is 4.12. The molecule has 2 aromatic carbocycles. The molecule has 0 radical (unpaired) electrons. The summed E-state index contributed by atoms with van der Waals surface area (Å²) >= 11 is 0. The molecule has 0 heterocycles. The zero-order valence-corrected chi connectivity index (χ0v) is 10.4. The molecular weight excluding hydrogens is 267 g/mol. The average Bonchev–Trinajstić information content (AvgIpc) is 2.40.